The smallest absolute Gasteiger partial charge is 0.235 e. The lowest BCUT2D eigenvalue weighted by Gasteiger charge is -2.36. The minimum absolute atomic E-state index is 0.0592. The lowest BCUT2D eigenvalue weighted by atomic mass is 10.2. The maximum absolute atomic E-state index is 12.5. The predicted octanol–water partition coefficient (Wildman–Crippen LogP) is 2.26. The third kappa shape index (κ3) is 7.18. The van der Waals surface area contributed by atoms with Crippen LogP contribution in [0.15, 0.2) is 42.1 Å². The Balaban J connectivity index is 1.89. The Labute approximate surface area is 155 Å². The van der Waals surface area contributed by atoms with Crippen LogP contribution in [0.1, 0.15) is 19.8 Å². The topological polar surface area (TPSA) is 48.5 Å². The molecule has 1 aliphatic rings. The average Bonchev–Trinajstić information content (AvgIpc) is 2.66. The van der Waals surface area contributed by atoms with Gasteiger partial charge < -0.3 is 10.2 Å². The van der Waals surface area contributed by atoms with Crippen molar-refractivity contribution in [3.63, 3.8) is 0 Å². The number of piperazine rings is 1. The molecule has 1 fully saturated rings. The normalized spacial score (nSPS) is 17.2. The van der Waals surface area contributed by atoms with Gasteiger partial charge in [0.15, 0.2) is 0 Å². The van der Waals surface area contributed by atoms with Crippen molar-refractivity contribution in [2.75, 3.05) is 45.8 Å². The molecule has 1 aliphatic heterocycles. The molecule has 0 spiro atoms. The van der Waals surface area contributed by atoms with Crippen LogP contribution in [-0.2, 0) is 4.79 Å². The van der Waals surface area contributed by atoms with Gasteiger partial charge in [-0.25, -0.2) is 4.98 Å². The van der Waals surface area contributed by atoms with Gasteiger partial charge in [-0.3, -0.25) is 9.69 Å². The van der Waals surface area contributed by atoms with Gasteiger partial charge in [0, 0.05) is 45.5 Å². The summed E-state index contributed by atoms with van der Waals surface area (Å²) in [4.78, 5) is 21.8. The van der Waals surface area contributed by atoms with Crippen molar-refractivity contribution in [3.8, 4) is 0 Å². The number of unbranched alkanes of at least 4 members (excludes halogenated alkanes) is 1. The van der Waals surface area contributed by atoms with E-state index in [0.29, 0.717) is 6.54 Å². The van der Waals surface area contributed by atoms with Gasteiger partial charge in [-0.05, 0) is 25.1 Å². The summed E-state index contributed by atoms with van der Waals surface area (Å²) < 4.78 is 0. The van der Waals surface area contributed by atoms with Gasteiger partial charge in [0.1, 0.15) is 5.25 Å². The van der Waals surface area contributed by atoms with Gasteiger partial charge in [0.05, 0.1) is 5.03 Å². The Kier molecular flexibility index (Phi) is 9.00. The summed E-state index contributed by atoms with van der Waals surface area (Å²) in [5.74, 6) is 0.0592. The van der Waals surface area contributed by atoms with Crippen molar-refractivity contribution in [1.82, 2.24) is 20.1 Å². The van der Waals surface area contributed by atoms with Gasteiger partial charge >= 0.3 is 0 Å². The Morgan fingerprint density at radius 3 is 2.76 bits per heavy atom. The van der Waals surface area contributed by atoms with Crippen molar-refractivity contribution in [1.29, 1.82) is 0 Å². The molecule has 2 rings (SSSR count). The van der Waals surface area contributed by atoms with E-state index in [1.54, 1.807) is 24.0 Å². The van der Waals surface area contributed by atoms with Crippen molar-refractivity contribution >= 4 is 17.7 Å². The molecular formula is C19H30N4OS. The SMILES string of the molecule is C=CCNC(=O)C(CN1CCN(CCCC)CC1)Sc1ccccn1. The van der Waals surface area contributed by atoms with Crippen molar-refractivity contribution in [2.24, 2.45) is 0 Å². The van der Waals surface area contributed by atoms with Crippen LogP contribution >= 0.6 is 11.8 Å². The first kappa shape index (κ1) is 19.9. The molecule has 5 nitrogen and oxygen atoms in total. The second kappa shape index (κ2) is 11.3. The molecule has 0 aliphatic carbocycles. The highest BCUT2D eigenvalue weighted by Gasteiger charge is 2.25. The monoisotopic (exact) mass is 362 g/mol. The van der Waals surface area contributed by atoms with Gasteiger partial charge in [0.2, 0.25) is 5.91 Å². The molecule has 1 N–H and O–H groups in total. The Morgan fingerprint density at radius 2 is 2.12 bits per heavy atom. The van der Waals surface area contributed by atoms with Gasteiger partial charge in [-0.15, -0.1) is 6.58 Å². The lowest BCUT2D eigenvalue weighted by molar-refractivity contribution is -0.120. The van der Waals surface area contributed by atoms with Crippen LogP contribution in [0.5, 0.6) is 0 Å². The summed E-state index contributed by atoms with van der Waals surface area (Å²) in [6, 6.07) is 5.81. The average molecular weight is 363 g/mol. The standard InChI is InChI=1S/C19H30N4OS/c1-3-5-11-22-12-14-23(15-13-22)16-17(19(24)21-9-4-2)25-18-8-6-7-10-20-18/h4,6-8,10,17H,2-3,5,9,11-16H2,1H3,(H,21,24). The number of thioether (sulfide) groups is 1. The highest BCUT2D eigenvalue weighted by atomic mass is 32.2. The maximum atomic E-state index is 12.5. The van der Waals surface area contributed by atoms with Crippen LogP contribution in [0.25, 0.3) is 0 Å². The number of pyridine rings is 1. The molecule has 1 atom stereocenters. The molecule has 1 aromatic heterocycles. The maximum Gasteiger partial charge on any atom is 0.235 e. The van der Waals surface area contributed by atoms with E-state index >= 15 is 0 Å². The molecule has 0 aromatic carbocycles. The fourth-order valence-electron chi connectivity index (χ4n) is 2.83. The third-order valence-corrected chi connectivity index (χ3v) is 5.46. The highest BCUT2D eigenvalue weighted by molar-refractivity contribution is 8.00. The first-order valence-corrected chi connectivity index (χ1v) is 10.0. The third-order valence-electron chi connectivity index (χ3n) is 4.33. The quantitative estimate of drug-likeness (QED) is 0.511. The molecule has 1 unspecified atom stereocenters. The lowest BCUT2D eigenvalue weighted by Crippen LogP contribution is -2.50. The van der Waals surface area contributed by atoms with E-state index in [1.807, 2.05) is 18.2 Å². The number of nitrogens with one attached hydrogen (secondary N) is 1. The molecule has 138 valence electrons. The number of carbonyl (C=O) groups is 1. The second-order valence-corrected chi connectivity index (χ2v) is 7.53. The van der Waals surface area contributed by atoms with E-state index in [-0.39, 0.29) is 11.2 Å². The molecule has 2 heterocycles. The molecule has 1 amide bonds. The summed E-state index contributed by atoms with van der Waals surface area (Å²) in [5, 5.41) is 3.67. The van der Waals surface area contributed by atoms with E-state index in [4.69, 9.17) is 0 Å². The fourth-order valence-corrected chi connectivity index (χ4v) is 3.88. The molecule has 6 heteroatoms. The molecule has 1 aromatic rings. The van der Waals surface area contributed by atoms with E-state index in [9.17, 15) is 4.79 Å². The second-order valence-electron chi connectivity index (χ2n) is 6.30. The first-order valence-electron chi connectivity index (χ1n) is 9.14. The zero-order valence-corrected chi connectivity index (χ0v) is 16.0. The molecular weight excluding hydrogens is 332 g/mol. The fraction of sp³-hybridized carbons (Fsp3) is 0.579. The summed E-state index contributed by atoms with van der Waals surface area (Å²) >= 11 is 1.54. The van der Waals surface area contributed by atoms with Gasteiger partial charge in [-0.2, -0.15) is 0 Å². The van der Waals surface area contributed by atoms with Crippen molar-refractivity contribution in [3.05, 3.63) is 37.1 Å². The number of aromatic nitrogens is 1. The minimum atomic E-state index is -0.156. The zero-order chi connectivity index (χ0) is 17.9. The zero-order valence-electron chi connectivity index (χ0n) is 15.2. The van der Waals surface area contributed by atoms with E-state index in [2.05, 4.69) is 33.6 Å². The molecule has 25 heavy (non-hydrogen) atoms. The first-order chi connectivity index (χ1) is 12.2. The van der Waals surface area contributed by atoms with Crippen molar-refractivity contribution in [2.45, 2.75) is 30.0 Å². The number of amides is 1. The van der Waals surface area contributed by atoms with Crippen LogP contribution in [-0.4, -0.2) is 71.8 Å². The van der Waals surface area contributed by atoms with E-state index in [0.717, 1.165) is 37.7 Å². The number of hydrogen-bond donors (Lipinski definition) is 1. The number of hydrogen-bond acceptors (Lipinski definition) is 5. The summed E-state index contributed by atoms with van der Waals surface area (Å²) in [5.41, 5.74) is 0. The summed E-state index contributed by atoms with van der Waals surface area (Å²) in [6.07, 6.45) is 6.00. The molecule has 1 saturated heterocycles. The van der Waals surface area contributed by atoms with Crippen LogP contribution in [0.2, 0.25) is 0 Å². The molecule has 0 bridgehead atoms. The minimum Gasteiger partial charge on any atom is -0.352 e. The number of nitrogens with zero attached hydrogens (tertiary/aromatic N) is 3. The molecule has 0 saturated carbocycles. The van der Waals surface area contributed by atoms with Crippen LogP contribution in [0, 0.1) is 0 Å². The predicted molar refractivity (Wildman–Crippen MR) is 105 cm³/mol. The number of carbonyl (C=O) groups excluding carboxylic acids is 1. The molecule has 0 radical (unpaired) electrons. The van der Waals surface area contributed by atoms with Crippen LogP contribution in [0.3, 0.4) is 0 Å². The Morgan fingerprint density at radius 1 is 1.36 bits per heavy atom. The van der Waals surface area contributed by atoms with Crippen LogP contribution < -0.4 is 5.32 Å². The summed E-state index contributed by atoms with van der Waals surface area (Å²) in [6.45, 7) is 12.6. The van der Waals surface area contributed by atoms with Crippen LogP contribution in [0.4, 0.5) is 0 Å². The van der Waals surface area contributed by atoms with Gasteiger partial charge in [-0.1, -0.05) is 37.2 Å². The Hall–Kier alpha value is -1.37. The summed E-state index contributed by atoms with van der Waals surface area (Å²) in [7, 11) is 0. The number of rotatable bonds is 10. The highest BCUT2D eigenvalue weighted by Crippen LogP contribution is 2.22. The Bertz CT molecular complexity index is 517. The largest absolute Gasteiger partial charge is 0.352 e. The van der Waals surface area contributed by atoms with Crippen molar-refractivity contribution < 1.29 is 4.79 Å². The van der Waals surface area contributed by atoms with E-state index in [1.165, 1.54) is 19.4 Å². The van der Waals surface area contributed by atoms with E-state index < -0.39 is 0 Å². The van der Waals surface area contributed by atoms with Gasteiger partial charge in [0.25, 0.3) is 0 Å².